The van der Waals surface area contributed by atoms with Crippen molar-refractivity contribution in [2.45, 2.75) is 25.4 Å². The van der Waals surface area contributed by atoms with Gasteiger partial charge in [-0.2, -0.15) is 13.2 Å². The van der Waals surface area contributed by atoms with Crippen molar-refractivity contribution in [2.24, 2.45) is 5.92 Å². The summed E-state index contributed by atoms with van der Waals surface area (Å²) in [5, 5.41) is 0. The Morgan fingerprint density at radius 2 is 1.52 bits per heavy atom. The third kappa shape index (κ3) is 5.28. The van der Waals surface area contributed by atoms with Crippen LogP contribution in [0.25, 0.3) is 11.1 Å². The fourth-order valence-corrected chi connectivity index (χ4v) is 4.57. The van der Waals surface area contributed by atoms with Crippen LogP contribution in [0.15, 0.2) is 72.8 Å². The van der Waals surface area contributed by atoms with Crippen molar-refractivity contribution in [1.82, 2.24) is 4.90 Å². The molecule has 0 saturated carbocycles. The molecule has 3 aromatic rings. The molecule has 0 fully saturated rings. The third-order valence-electron chi connectivity index (χ3n) is 6.08. The lowest BCUT2D eigenvalue weighted by Gasteiger charge is -2.29. The summed E-state index contributed by atoms with van der Waals surface area (Å²) in [5.41, 5.74) is 4.43. The summed E-state index contributed by atoms with van der Waals surface area (Å²) in [7, 11) is 4.09. The molecule has 0 aromatic heterocycles. The summed E-state index contributed by atoms with van der Waals surface area (Å²) in [6.45, 7) is 0.980. The van der Waals surface area contributed by atoms with E-state index in [9.17, 15) is 18.0 Å². The van der Waals surface area contributed by atoms with Gasteiger partial charge >= 0.3 is 12.1 Å². The molecule has 0 heterocycles. The number of aryl methyl sites for hydroxylation is 1. The quantitative estimate of drug-likeness (QED) is 0.457. The molecule has 4 rings (SSSR count). The fraction of sp³-hybridized carbons (Fsp3) is 0.296. The van der Waals surface area contributed by atoms with Crippen molar-refractivity contribution >= 4 is 17.3 Å². The number of halogens is 3. The number of hydrogen-bond acceptors (Lipinski definition) is 2. The Morgan fingerprint density at radius 1 is 0.879 bits per heavy atom. The first-order chi connectivity index (χ1) is 15.7. The number of alkyl halides is 3. The Hall–Kier alpha value is -3.12. The molecule has 0 radical (unpaired) electrons. The van der Waals surface area contributed by atoms with Gasteiger partial charge in [-0.05, 0) is 85.8 Å². The van der Waals surface area contributed by atoms with Crippen LogP contribution in [0.1, 0.15) is 17.5 Å². The minimum atomic E-state index is -4.98. The molecular weight excluding hydrogens is 425 g/mol. The topological polar surface area (TPSA) is 23.6 Å². The lowest BCUT2D eigenvalue weighted by atomic mass is 9.83. The summed E-state index contributed by atoms with van der Waals surface area (Å²) < 4.78 is 40.6. The largest absolute Gasteiger partial charge is 0.472 e. The Labute approximate surface area is 192 Å². The first-order valence-electron chi connectivity index (χ1n) is 11.1. The zero-order valence-corrected chi connectivity index (χ0v) is 18.8. The van der Waals surface area contributed by atoms with Crippen LogP contribution in [-0.2, 0) is 17.6 Å². The van der Waals surface area contributed by atoms with Crippen molar-refractivity contribution in [3.8, 4) is 11.1 Å². The zero-order chi connectivity index (χ0) is 23.6. The molecule has 3 aromatic carbocycles. The number of carbonyl (C=O) groups excluding carboxylic acids is 1. The van der Waals surface area contributed by atoms with Gasteiger partial charge in [0, 0.05) is 17.9 Å². The van der Waals surface area contributed by atoms with Crippen molar-refractivity contribution in [3.05, 3.63) is 83.9 Å². The molecule has 3 nitrogen and oxygen atoms in total. The molecule has 1 atom stereocenters. The number of benzene rings is 3. The second-order valence-corrected chi connectivity index (χ2v) is 8.88. The van der Waals surface area contributed by atoms with E-state index in [-0.39, 0.29) is 11.4 Å². The smallest absolute Gasteiger partial charge is 0.309 e. The number of rotatable bonds is 5. The third-order valence-corrected chi connectivity index (χ3v) is 6.08. The number of fused-ring (bicyclic) bond motifs is 1. The molecule has 6 heteroatoms. The van der Waals surface area contributed by atoms with Crippen LogP contribution in [-0.4, -0.2) is 37.6 Å². The first-order valence-corrected chi connectivity index (χ1v) is 11.1. The highest BCUT2D eigenvalue weighted by molar-refractivity contribution is 6.04. The molecule has 1 aliphatic carbocycles. The van der Waals surface area contributed by atoms with Gasteiger partial charge < -0.3 is 4.90 Å². The van der Waals surface area contributed by atoms with Crippen LogP contribution < -0.4 is 4.90 Å². The highest BCUT2D eigenvalue weighted by atomic mass is 19.4. The number of amides is 1. The van der Waals surface area contributed by atoms with Crippen LogP contribution in [0, 0.1) is 5.92 Å². The van der Waals surface area contributed by atoms with Crippen molar-refractivity contribution in [3.63, 3.8) is 0 Å². The van der Waals surface area contributed by atoms with Crippen LogP contribution in [0.3, 0.4) is 0 Å². The maximum atomic E-state index is 13.5. The maximum absolute atomic E-state index is 13.5. The number of anilines is 2. The number of hydrogen-bond donors (Lipinski definition) is 0. The fourth-order valence-electron chi connectivity index (χ4n) is 4.57. The van der Waals surface area contributed by atoms with Gasteiger partial charge in [0.1, 0.15) is 0 Å². The Balaban J connectivity index is 1.67. The Bertz CT molecular complexity index is 1110. The molecule has 1 aliphatic rings. The van der Waals surface area contributed by atoms with Gasteiger partial charge in [0.25, 0.3) is 0 Å². The predicted octanol–water partition coefficient (Wildman–Crippen LogP) is 6.25. The molecule has 33 heavy (non-hydrogen) atoms. The molecule has 0 N–H and O–H groups in total. The standard InChI is InChI=1S/C27H27F3N2O/c1-31(2)18-19-8-9-23-17-25(15-12-22(23)16-19)32(26(33)27(28,29)30)24-13-10-21(11-14-24)20-6-4-3-5-7-20/h3-7,10-15,17,19H,8-9,16,18H2,1-2H3. The van der Waals surface area contributed by atoms with E-state index in [4.69, 9.17) is 0 Å². The molecule has 0 spiro atoms. The molecular formula is C27H27F3N2O. The van der Waals surface area contributed by atoms with E-state index < -0.39 is 12.1 Å². The van der Waals surface area contributed by atoms with Gasteiger partial charge in [-0.25, -0.2) is 0 Å². The minimum absolute atomic E-state index is 0.193. The molecule has 0 aliphatic heterocycles. The summed E-state index contributed by atoms with van der Waals surface area (Å²) in [6.07, 6.45) is -2.31. The van der Waals surface area contributed by atoms with Crippen LogP contribution >= 0.6 is 0 Å². The van der Waals surface area contributed by atoms with Crippen molar-refractivity contribution in [2.75, 3.05) is 25.5 Å². The first kappa shape index (κ1) is 23.1. The van der Waals surface area contributed by atoms with Gasteiger partial charge in [-0.1, -0.05) is 48.5 Å². The van der Waals surface area contributed by atoms with Crippen molar-refractivity contribution < 1.29 is 18.0 Å². The second-order valence-electron chi connectivity index (χ2n) is 8.88. The number of nitrogens with zero attached hydrogens (tertiary/aromatic N) is 2. The van der Waals surface area contributed by atoms with E-state index in [0.717, 1.165) is 53.0 Å². The minimum Gasteiger partial charge on any atom is -0.309 e. The monoisotopic (exact) mass is 452 g/mol. The van der Waals surface area contributed by atoms with Gasteiger partial charge in [0.2, 0.25) is 0 Å². The van der Waals surface area contributed by atoms with Gasteiger partial charge in [0.15, 0.2) is 0 Å². The summed E-state index contributed by atoms with van der Waals surface area (Å²) in [5.74, 6) is -1.37. The lowest BCUT2D eigenvalue weighted by Crippen LogP contribution is -2.38. The molecule has 0 saturated heterocycles. The molecule has 1 unspecified atom stereocenters. The van der Waals surface area contributed by atoms with E-state index in [1.54, 1.807) is 36.4 Å². The van der Waals surface area contributed by atoms with Crippen LogP contribution in [0.2, 0.25) is 0 Å². The van der Waals surface area contributed by atoms with Crippen LogP contribution in [0.4, 0.5) is 24.5 Å². The normalized spacial score (nSPS) is 15.9. The van der Waals surface area contributed by atoms with E-state index in [1.165, 1.54) is 0 Å². The summed E-state index contributed by atoms with van der Waals surface area (Å²) in [4.78, 5) is 15.4. The Kier molecular flexibility index (Phi) is 6.56. The number of carbonyl (C=O) groups is 1. The van der Waals surface area contributed by atoms with E-state index in [1.807, 2.05) is 50.5 Å². The van der Waals surface area contributed by atoms with Crippen molar-refractivity contribution in [1.29, 1.82) is 0 Å². The average Bonchev–Trinajstić information content (AvgIpc) is 2.79. The average molecular weight is 453 g/mol. The van der Waals surface area contributed by atoms with Gasteiger partial charge in [0.05, 0.1) is 0 Å². The maximum Gasteiger partial charge on any atom is 0.472 e. The van der Waals surface area contributed by atoms with E-state index in [2.05, 4.69) is 4.90 Å². The van der Waals surface area contributed by atoms with Gasteiger partial charge in [-0.15, -0.1) is 0 Å². The summed E-state index contributed by atoms with van der Waals surface area (Å²) >= 11 is 0. The molecule has 1 amide bonds. The second kappa shape index (κ2) is 9.40. The Morgan fingerprint density at radius 3 is 2.15 bits per heavy atom. The molecule has 0 bridgehead atoms. The lowest BCUT2D eigenvalue weighted by molar-refractivity contribution is -0.169. The molecule has 172 valence electrons. The highest BCUT2D eigenvalue weighted by Crippen LogP contribution is 2.36. The summed E-state index contributed by atoms with van der Waals surface area (Å²) in [6, 6.07) is 21.4. The predicted molar refractivity (Wildman–Crippen MR) is 126 cm³/mol. The van der Waals surface area contributed by atoms with E-state index >= 15 is 0 Å². The van der Waals surface area contributed by atoms with E-state index in [0.29, 0.717) is 5.92 Å². The highest BCUT2D eigenvalue weighted by Gasteiger charge is 2.44. The van der Waals surface area contributed by atoms with Crippen LogP contribution in [0.5, 0.6) is 0 Å². The zero-order valence-electron chi connectivity index (χ0n) is 18.8. The SMILES string of the molecule is CN(C)CC1CCc2cc(N(C(=O)C(F)(F)F)c3ccc(-c4ccccc4)cc3)ccc2C1. The van der Waals surface area contributed by atoms with Gasteiger partial charge in [-0.3, -0.25) is 9.69 Å².